The van der Waals surface area contributed by atoms with Gasteiger partial charge in [0, 0.05) is 19.1 Å². The van der Waals surface area contributed by atoms with Crippen molar-refractivity contribution in [2.75, 3.05) is 0 Å². The maximum Gasteiger partial charge on any atom is 0.0739 e. The molecule has 32 heavy (non-hydrogen) atoms. The van der Waals surface area contributed by atoms with Crippen LogP contribution in [0, 0.1) is 0 Å². The lowest BCUT2D eigenvalue weighted by molar-refractivity contribution is 0.0395. The molecule has 0 aliphatic heterocycles. The molecule has 162 valence electrons. The standard InChI is InChI=1S/C30H31NO/c32-30(22-26-15-7-2-8-16-26)29(21-25-13-5-1-6-14-25)31(23-27-17-9-3-10-18-27)24-28-19-11-4-12-20-28/h1-20,29-30,32H,21-24H2/t29-,30-/m0/s1. The molecule has 0 saturated carbocycles. The van der Waals surface area contributed by atoms with Gasteiger partial charge in [-0.1, -0.05) is 121 Å². The predicted octanol–water partition coefficient (Wildman–Crippen LogP) is 5.90. The summed E-state index contributed by atoms with van der Waals surface area (Å²) in [7, 11) is 0. The van der Waals surface area contributed by atoms with Crippen LogP contribution in [-0.4, -0.2) is 22.2 Å². The van der Waals surface area contributed by atoms with E-state index in [1.807, 2.05) is 24.3 Å². The number of rotatable bonds is 10. The maximum absolute atomic E-state index is 11.5. The summed E-state index contributed by atoms with van der Waals surface area (Å²) in [6.07, 6.45) is 0.956. The smallest absolute Gasteiger partial charge is 0.0739 e. The van der Waals surface area contributed by atoms with E-state index in [4.69, 9.17) is 0 Å². The highest BCUT2D eigenvalue weighted by molar-refractivity contribution is 5.21. The lowest BCUT2D eigenvalue weighted by Gasteiger charge is -2.35. The van der Waals surface area contributed by atoms with E-state index in [1.165, 1.54) is 16.7 Å². The highest BCUT2D eigenvalue weighted by Gasteiger charge is 2.27. The Morgan fingerprint density at radius 2 is 0.812 bits per heavy atom. The Morgan fingerprint density at radius 1 is 0.469 bits per heavy atom. The van der Waals surface area contributed by atoms with Gasteiger partial charge < -0.3 is 5.11 Å². The first-order valence-corrected chi connectivity index (χ1v) is 11.4. The first-order chi connectivity index (χ1) is 15.8. The van der Waals surface area contributed by atoms with Crippen LogP contribution in [-0.2, 0) is 25.9 Å². The van der Waals surface area contributed by atoms with Crippen LogP contribution < -0.4 is 0 Å². The van der Waals surface area contributed by atoms with Gasteiger partial charge in [0.25, 0.3) is 0 Å². The maximum atomic E-state index is 11.5. The topological polar surface area (TPSA) is 23.5 Å². The highest BCUT2D eigenvalue weighted by Crippen LogP contribution is 2.21. The van der Waals surface area contributed by atoms with Crippen molar-refractivity contribution in [2.45, 2.75) is 38.1 Å². The summed E-state index contributed by atoms with van der Waals surface area (Å²) in [6.45, 7) is 1.58. The Labute approximate surface area is 191 Å². The van der Waals surface area contributed by atoms with Crippen LogP contribution in [0.25, 0.3) is 0 Å². The quantitative estimate of drug-likeness (QED) is 0.344. The number of benzene rings is 4. The zero-order chi connectivity index (χ0) is 22.0. The SMILES string of the molecule is O[C@@H](Cc1ccccc1)[C@H](Cc1ccccc1)N(Cc1ccccc1)Cc1ccccc1. The van der Waals surface area contributed by atoms with Crippen molar-refractivity contribution in [1.29, 1.82) is 0 Å². The molecule has 0 aliphatic carbocycles. The van der Waals surface area contributed by atoms with Crippen molar-refractivity contribution < 1.29 is 5.11 Å². The number of aliphatic hydroxyl groups excluding tert-OH is 1. The second-order valence-electron chi connectivity index (χ2n) is 8.39. The second kappa shape index (κ2) is 11.4. The van der Waals surface area contributed by atoms with E-state index in [9.17, 15) is 5.11 Å². The van der Waals surface area contributed by atoms with Gasteiger partial charge in [0.1, 0.15) is 0 Å². The average Bonchev–Trinajstić information content (AvgIpc) is 2.85. The van der Waals surface area contributed by atoms with Crippen molar-refractivity contribution in [2.24, 2.45) is 0 Å². The molecule has 2 atom stereocenters. The minimum atomic E-state index is -0.481. The predicted molar refractivity (Wildman–Crippen MR) is 132 cm³/mol. The Bertz CT molecular complexity index is 994. The summed E-state index contributed by atoms with van der Waals surface area (Å²) in [4.78, 5) is 2.44. The average molecular weight is 422 g/mol. The van der Waals surface area contributed by atoms with Gasteiger partial charge in [-0.25, -0.2) is 0 Å². The summed E-state index contributed by atoms with van der Waals surface area (Å²) in [6, 6.07) is 41.9. The van der Waals surface area contributed by atoms with E-state index < -0.39 is 6.10 Å². The summed E-state index contributed by atoms with van der Waals surface area (Å²) in [5.74, 6) is 0. The Hall–Kier alpha value is -3.20. The van der Waals surface area contributed by atoms with E-state index in [2.05, 4.69) is 102 Å². The van der Waals surface area contributed by atoms with Gasteiger partial charge in [-0.2, -0.15) is 0 Å². The Morgan fingerprint density at radius 3 is 1.22 bits per heavy atom. The molecule has 0 heterocycles. The van der Waals surface area contributed by atoms with Crippen LogP contribution in [0.15, 0.2) is 121 Å². The second-order valence-corrected chi connectivity index (χ2v) is 8.39. The minimum absolute atomic E-state index is 0.0157. The molecular formula is C30H31NO. The van der Waals surface area contributed by atoms with Crippen LogP contribution in [0.3, 0.4) is 0 Å². The van der Waals surface area contributed by atoms with Gasteiger partial charge in [-0.05, 0) is 35.1 Å². The molecule has 0 aromatic heterocycles. The molecule has 4 aromatic carbocycles. The fourth-order valence-corrected chi connectivity index (χ4v) is 4.28. The van der Waals surface area contributed by atoms with Gasteiger partial charge >= 0.3 is 0 Å². The number of nitrogens with zero attached hydrogens (tertiary/aromatic N) is 1. The van der Waals surface area contributed by atoms with Crippen LogP contribution in [0.1, 0.15) is 22.3 Å². The van der Waals surface area contributed by atoms with Crippen molar-refractivity contribution in [1.82, 2.24) is 4.90 Å². The largest absolute Gasteiger partial charge is 0.391 e. The molecular weight excluding hydrogens is 390 g/mol. The molecule has 0 spiro atoms. The molecule has 0 fully saturated rings. The van der Waals surface area contributed by atoms with E-state index in [0.29, 0.717) is 6.42 Å². The van der Waals surface area contributed by atoms with Crippen LogP contribution in [0.5, 0.6) is 0 Å². The van der Waals surface area contributed by atoms with Crippen molar-refractivity contribution >= 4 is 0 Å². The third-order valence-corrected chi connectivity index (χ3v) is 5.95. The third kappa shape index (κ3) is 6.40. The normalized spacial score (nSPS) is 13.1. The molecule has 0 amide bonds. The van der Waals surface area contributed by atoms with Crippen LogP contribution in [0.2, 0.25) is 0 Å². The molecule has 0 aliphatic rings. The number of aliphatic hydroxyl groups is 1. The molecule has 2 heteroatoms. The first kappa shape index (κ1) is 22.0. The van der Waals surface area contributed by atoms with Gasteiger partial charge in [0.05, 0.1) is 6.10 Å². The first-order valence-electron chi connectivity index (χ1n) is 11.4. The minimum Gasteiger partial charge on any atom is -0.391 e. The van der Waals surface area contributed by atoms with Gasteiger partial charge in [-0.15, -0.1) is 0 Å². The third-order valence-electron chi connectivity index (χ3n) is 5.95. The molecule has 0 radical (unpaired) electrons. The van der Waals surface area contributed by atoms with Crippen molar-refractivity contribution in [3.63, 3.8) is 0 Å². The Balaban J connectivity index is 1.64. The molecule has 1 N–H and O–H groups in total. The van der Waals surface area contributed by atoms with Gasteiger partial charge in [0.2, 0.25) is 0 Å². The van der Waals surface area contributed by atoms with E-state index in [0.717, 1.165) is 25.1 Å². The summed E-state index contributed by atoms with van der Waals surface area (Å²) < 4.78 is 0. The molecule has 0 bridgehead atoms. The van der Waals surface area contributed by atoms with Gasteiger partial charge in [-0.3, -0.25) is 4.90 Å². The fourth-order valence-electron chi connectivity index (χ4n) is 4.28. The van der Waals surface area contributed by atoms with E-state index >= 15 is 0 Å². The van der Waals surface area contributed by atoms with E-state index in [-0.39, 0.29) is 6.04 Å². The van der Waals surface area contributed by atoms with Crippen molar-refractivity contribution in [3.8, 4) is 0 Å². The fraction of sp³-hybridized carbons (Fsp3) is 0.200. The molecule has 2 nitrogen and oxygen atoms in total. The van der Waals surface area contributed by atoms with Gasteiger partial charge in [0.15, 0.2) is 0 Å². The Kier molecular flexibility index (Phi) is 7.86. The lowest BCUT2D eigenvalue weighted by atomic mass is 9.94. The highest BCUT2D eigenvalue weighted by atomic mass is 16.3. The molecule has 0 saturated heterocycles. The number of hydrogen-bond acceptors (Lipinski definition) is 2. The zero-order valence-corrected chi connectivity index (χ0v) is 18.4. The molecule has 0 unspecified atom stereocenters. The summed E-state index contributed by atoms with van der Waals surface area (Å²) in [5, 5.41) is 11.5. The zero-order valence-electron chi connectivity index (χ0n) is 18.4. The van der Waals surface area contributed by atoms with Crippen molar-refractivity contribution in [3.05, 3.63) is 144 Å². The lowest BCUT2D eigenvalue weighted by Crippen LogP contribution is -2.45. The molecule has 4 rings (SSSR count). The number of hydrogen-bond donors (Lipinski definition) is 1. The summed E-state index contributed by atoms with van der Waals surface area (Å²) in [5.41, 5.74) is 4.93. The van der Waals surface area contributed by atoms with E-state index in [1.54, 1.807) is 0 Å². The summed E-state index contributed by atoms with van der Waals surface area (Å²) >= 11 is 0. The monoisotopic (exact) mass is 421 g/mol. The van der Waals surface area contributed by atoms with Crippen LogP contribution >= 0.6 is 0 Å². The molecule has 4 aromatic rings. The van der Waals surface area contributed by atoms with Crippen LogP contribution in [0.4, 0.5) is 0 Å².